The molecule has 1 saturated carbocycles. The third-order valence-electron chi connectivity index (χ3n) is 7.15. The lowest BCUT2D eigenvalue weighted by molar-refractivity contribution is -0.384. The second-order valence-corrected chi connectivity index (χ2v) is 9.24. The summed E-state index contributed by atoms with van der Waals surface area (Å²) in [4.78, 5) is 50.2. The first kappa shape index (κ1) is 24.5. The number of hydrogen-bond donors (Lipinski definition) is 2. The van der Waals surface area contributed by atoms with E-state index in [1.54, 1.807) is 0 Å². The van der Waals surface area contributed by atoms with Crippen LogP contribution in [0, 0.1) is 33.8 Å². The minimum atomic E-state index is -4.70. The second kappa shape index (κ2) is 9.02. The number of benzene rings is 2. The van der Waals surface area contributed by atoms with Crippen LogP contribution in [0.1, 0.15) is 22.3 Å². The van der Waals surface area contributed by atoms with Crippen molar-refractivity contribution >= 4 is 34.8 Å². The van der Waals surface area contributed by atoms with E-state index in [4.69, 9.17) is 0 Å². The highest BCUT2D eigenvalue weighted by atomic mass is 19.4. The number of para-hydroxylation sites is 1. The van der Waals surface area contributed by atoms with Gasteiger partial charge in [-0.2, -0.15) is 13.2 Å². The molecule has 2 aliphatic carbocycles. The average molecular weight is 514 g/mol. The topological polar surface area (TPSA) is 122 Å². The molecule has 192 valence electrons. The number of hydrogen-bond acceptors (Lipinski definition) is 6. The summed E-state index contributed by atoms with van der Waals surface area (Å²) in [5, 5.41) is 16.6. The summed E-state index contributed by atoms with van der Waals surface area (Å²) in [5.74, 6) is -1.92. The number of nitrogens with one attached hydrogen (secondary N) is 2. The van der Waals surface area contributed by atoms with E-state index in [1.165, 1.54) is 29.2 Å². The van der Waals surface area contributed by atoms with E-state index in [9.17, 15) is 37.7 Å². The molecular formula is C25H21F3N4O5. The number of carbonyl (C=O) groups is 3. The number of fused-ring (bicyclic) bond motifs is 5. The van der Waals surface area contributed by atoms with Crippen LogP contribution in [0.4, 0.5) is 30.2 Å². The highest BCUT2D eigenvalue weighted by molar-refractivity contribution is 6.07. The van der Waals surface area contributed by atoms with Crippen LogP contribution in [0.2, 0.25) is 0 Å². The number of rotatable bonds is 7. The standard InChI is InChI=1S/C25H21F3N4O5/c26-25(27,28)16-3-1-2-4-17(16)30-22(33)15-7-8-18(19(12-15)32(36)37)29-9-10-31-23(34)20-13-5-6-14(11-13)21(20)24(31)35/h1-8,12-14,20-21,29H,9-11H2,(H,30,33). The zero-order valence-corrected chi connectivity index (χ0v) is 19.2. The van der Waals surface area contributed by atoms with Gasteiger partial charge in [-0.1, -0.05) is 24.3 Å². The Morgan fingerprint density at radius 3 is 2.30 bits per heavy atom. The molecule has 12 heteroatoms. The lowest BCUT2D eigenvalue weighted by Crippen LogP contribution is -2.36. The van der Waals surface area contributed by atoms with Crippen LogP contribution in [0.15, 0.2) is 54.6 Å². The molecule has 0 radical (unpaired) electrons. The van der Waals surface area contributed by atoms with Crippen molar-refractivity contribution in [1.29, 1.82) is 0 Å². The van der Waals surface area contributed by atoms with Crippen molar-refractivity contribution in [2.45, 2.75) is 12.6 Å². The third kappa shape index (κ3) is 4.32. The summed E-state index contributed by atoms with van der Waals surface area (Å²) in [5.41, 5.74) is -2.17. The summed E-state index contributed by atoms with van der Waals surface area (Å²) in [6.45, 7) is 0.0722. The minimum Gasteiger partial charge on any atom is -0.378 e. The predicted molar refractivity (Wildman–Crippen MR) is 125 cm³/mol. The molecule has 2 bridgehead atoms. The average Bonchev–Trinajstić information content (AvgIpc) is 3.53. The Kier molecular flexibility index (Phi) is 5.97. The van der Waals surface area contributed by atoms with Gasteiger partial charge in [0.2, 0.25) is 11.8 Å². The summed E-state index contributed by atoms with van der Waals surface area (Å²) in [7, 11) is 0. The molecule has 3 aliphatic rings. The summed E-state index contributed by atoms with van der Waals surface area (Å²) in [6.07, 6.45) is 0.0897. The van der Waals surface area contributed by atoms with Crippen LogP contribution in [-0.4, -0.2) is 40.6 Å². The maximum absolute atomic E-state index is 13.2. The van der Waals surface area contributed by atoms with Gasteiger partial charge in [-0.3, -0.25) is 29.4 Å². The number of nitrogens with zero attached hydrogens (tertiary/aromatic N) is 2. The van der Waals surface area contributed by atoms with Gasteiger partial charge >= 0.3 is 6.18 Å². The van der Waals surface area contributed by atoms with Crippen LogP contribution >= 0.6 is 0 Å². The van der Waals surface area contributed by atoms with Crippen molar-refractivity contribution < 1.29 is 32.5 Å². The van der Waals surface area contributed by atoms with Crippen LogP contribution in [-0.2, 0) is 15.8 Å². The zero-order valence-electron chi connectivity index (χ0n) is 19.2. The molecule has 3 amide bonds. The van der Waals surface area contributed by atoms with Gasteiger partial charge in [-0.05, 0) is 42.5 Å². The number of anilines is 2. The predicted octanol–water partition coefficient (Wildman–Crippen LogP) is 4.08. The van der Waals surface area contributed by atoms with E-state index >= 15 is 0 Å². The monoisotopic (exact) mass is 514 g/mol. The largest absolute Gasteiger partial charge is 0.418 e. The van der Waals surface area contributed by atoms with Crippen LogP contribution < -0.4 is 10.6 Å². The van der Waals surface area contributed by atoms with E-state index in [-0.39, 0.29) is 59.8 Å². The molecule has 0 spiro atoms. The number of nitro groups is 1. The summed E-state index contributed by atoms with van der Waals surface area (Å²) in [6, 6.07) is 7.85. The Morgan fingerprint density at radius 1 is 1.03 bits per heavy atom. The van der Waals surface area contributed by atoms with Gasteiger partial charge in [-0.15, -0.1) is 0 Å². The fourth-order valence-electron chi connectivity index (χ4n) is 5.49. The molecule has 1 saturated heterocycles. The Morgan fingerprint density at radius 2 is 1.68 bits per heavy atom. The number of allylic oxidation sites excluding steroid dienone is 2. The molecule has 4 atom stereocenters. The van der Waals surface area contributed by atoms with Gasteiger partial charge in [0.15, 0.2) is 0 Å². The molecule has 4 unspecified atom stereocenters. The fourth-order valence-corrected chi connectivity index (χ4v) is 5.49. The Hall–Kier alpha value is -4.22. The number of likely N-dealkylation sites (tertiary alicyclic amines) is 1. The van der Waals surface area contributed by atoms with Gasteiger partial charge in [0.1, 0.15) is 5.69 Å². The molecule has 1 heterocycles. The Labute approximate surface area is 208 Å². The summed E-state index contributed by atoms with van der Waals surface area (Å²) >= 11 is 0. The zero-order chi connectivity index (χ0) is 26.5. The van der Waals surface area contributed by atoms with Gasteiger partial charge in [0, 0.05) is 24.7 Å². The molecule has 2 aromatic rings. The van der Waals surface area contributed by atoms with Gasteiger partial charge in [0.25, 0.3) is 11.6 Å². The van der Waals surface area contributed by atoms with Crippen molar-refractivity contribution in [3.63, 3.8) is 0 Å². The molecule has 2 aromatic carbocycles. The third-order valence-corrected chi connectivity index (χ3v) is 7.15. The van der Waals surface area contributed by atoms with Crippen molar-refractivity contribution in [1.82, 2.24) is 4.90 Å². The molecule has 2 N–H and O–H groups in total. The second-order valence-electron chi connectivity index (χ2n) is 9.24. The SMILES string of the molecule is O=C(Nc1ccccc1C(F)(F)F)c1ccc(NCCN2C(=O)C3C4C=CC(C4)C3C2=O)c([N+](=O)[O-])c1. The number of alkyl halides is 3. The number of imide groups is 1. The Balaban J connectivity index is 1.26. The molecule has 2 fully saturated rings. The highest BCUT2D eigenvalue weighted by Gasteiger charge is 2.58. The molecular weight excluding hydrogens is 493 g/mol. The first-order valence-corrected chi connectivity index (χ1v) is 11.6. The number of amides is 3. The van der Waals surface area contributed by atoms with Gasteiger partial charge in [-0.25, -0.2) is 0 Å². The van der Waals surface area contributed by atoms with E-state index in [0.717, 1.165) is 24.6 Å². The maximum Gasteiger partial charge on any atom is 0.418 e. The van der Waals surface area contributed by atoms with Crippen molar-refractivity contribution in [3.05, 3.63) is 75.9 Å². The van der Waals surface area contributed by atoms with Crippen LogP contribution in [0.25, 0.3) is 0 Å². The molecule has 1 aliphatic heterocycles. The van der Waals surface area contributed by atoms with Gasteiger partial charge in [0.05, 0.1) is 28.0 Å². The first-order chi connectivity index (χ1) is 17.6. The highest BCUT2D eigenvalue weighted by Crippen LogP contribution is 2.52. The molecule has 9 nitrogen and oxygen atoms in total. The number of nitro benzene ring substituents is 1. The molecule has 5 rings (SSSR count). The van der Waals surface area contributed by atoms with Crippen LogP contribution in [0.3, 0.4) is 0 Å². The maximum atomic E-state index is 13.2. The van der Waals surface area contributed by atoms with Crippen LogP contribution in [0.5, 0.6) is 0 Å². The van der Waals surface area contributed by atoms with E-state index in [1.807, 2.05) is 12.2 Å². The normalized spacial score (nSPS) is 23.9. The fraction of sp³-hybridized carbons (Fsp3) is 0.320. The lowest BCUT2D eigenvalue weighted by Gasteiger charge is -2.18. The smallest absolute Gasteiger partial charge is 0.378 e. The summed E-state index contributed by atoms with van der Waals surface area (Å²) < 4.78 is 39.6. The van der Waals surface area contributed by atoms with Crippen molar-refractivity contribution in [3.8, 4) is 0 Å². The van der Waals surface area contributed by atoms with Crippen molar-refractivity contribution in [2.24, 2.45) is 23.7 Å². The molecule has 0 aromatic heterocycles. The van der Waals surface area contributed by atoms with Crippen molar-refractivity contribution in [2.75, 3.05) is 23.7 Å². The Bertz CT molecular complexity index is 1310. The molecule has 37 heavy (non-hydrogen) atoms. The number of carbonyl (C=O) groups excluding carboxylic acids is 3. The van der Waals surface area contributed by atoms with E-state index in [0.29, 0.717) is 0 Å². The van der Waals surface area contributed by atoms with Gasteiger partial charge < -0.3 is 10.6 Å². The minimum absolute atomic E-state index is 0.0255. The first-order valence-electron chi connectivity index (χ1n) is 11.6. The number of halogens is 3. The quantitative estimate of drug-likeness (QED) is 0.249. The van der Waals surface area contributed by atoms with E-state index in [2.05, 4.69) is 10.6 Å². The van der Waals surface area contributed by atoms with E-state index < -0.39 is 33.9 Å². The lowest BCUT2D eigenvalue weighted by atomic mass is 9.85.